The summed E-state index contributed by atoms with van der Waals surface area (Å²) in [6, 6.07) is 7.15. The molecule has 130 valence electrons. The second-order valence-corrected chi connectivity index (χ2v) is 5.45. The fourth-order valence-corrected chi connectivity index (χ4v) is 2.09. The van der Waals surface area contributed by atoms with Gasteiger partial charge in [-0.2, -0.15) is 5.26 Å². The molecule has 0 aliphatic rings. The topological polar surface area (TPSA) is 74.6 Å². The normalized spacial score (nSPS) is 11.0. The quantitative estimate of drug-likeness (QED) is 0.546. The number of carbonyl (C=O) groups excluding carboxylic acids is 1. The van der Waals surface area contributed by atoms with Crippen molar-refractivity contribution in [3.05, 3.63) is 40.6 Å². The molecular formula is C17H22ClN3O3. The summed E-state index contributed by atoms with van der Waals surface area (Å²) in [5.74, 6) is -0.484. The van der Waals surface area contributed by atoms with Crippen molar-refractivity contribution in [3.8, 4) is 6.07 Å². The Morgan fingerprint density at radius 1 is 1.33 bits per heavy atom. The maximum absolute atomic E-state index is 12.4. The number of hydrogen-bond acceptors (Lipinski definition) is 5. The Morgan fingerprint density at radius 3 is 2.50 bits per heavy atom. The molecule has 0 aliphatic carbocycles. The van der Waals surface area contributed by atoms with E-state index >= 15 is 0 Å². The third-order valence-electron chi connectivity index (χ3n) is 3.36. The molecule has 0 heterocycles. The van der Waals surface area contributed by atoms with Gasteiger partial charge in [0.25, 0.3) is 5.91 Å². The summed E-state index contributed by atoms with van der Waals surface area (Å²) < 4.78 is 10.1. The molecule has 0 aromatic heterocycles. The number of carbonyl (C=O) groups is 1. The minimum absolute atomic E-state index is 0.00146. The highest BCUT2D eigenvalue weighted by atomic mass is 35.5. The number of nitrogens with zero attached hydrogens (tertiary/aromatic N) is 2. The first-order valence-corrected chi connectivity index (χ1v) is 7.81. The number of ether oxygens (including phenoxy) is 2. The maximum Gasteiger partial charge on any atom is 0.267 e. The van der Waals surface area contributed by atoms with Crippen LogP contribution in [0.4, 0.5) is 5.69 Å². The fourth-order valence-electron chi connectivity index (χ4n) is 1.91. The lowest BCUT2D eigenvalue weighted by Gasteiger charge is -2.20. The van der Waals surface area contributed by atoms with Gasteiger partial charge < -0.3 is 19.7 Å². The van der Waals surface area contributed by atoms with Crippen LogP contribution in [0.25, 0.3) is 0 Å². The number of anilines is 1. The van der Waals surface area contributed by atoms with E-state index in [1.165, 1.54) is 6.20 Å². The molecular weight excluding hydrogens is 330 g/mol. The van der Waals surface area contributed by atoms with E-state index in [0.717, 1.165) is 5.56 Å². The molecule has 7 heteroatoms. The molecule has 0 fully saturated rings. The van der Waals surface area contributed by atoms with E-state index in [2.05, 4.69) is 5.32 Å². The molecule has 0 spiro atoms. The second-order valence-electron chi connectivity index (χ2n) is 5.04. The Balaban J connectivity index is 2.89. The van der Waals surface area contributed by atoms with Crippen LogP contribution in [0, 0.1) is 18.3 Å². The minimum atomic E-state index is -0.484. The number of hydrogen-bond donors (Lipinski definition) is 1. The maximum atomic E-state index is 12.4. The van der Waals surface area contributed by atoms with Crippen LogP contribution in [0.5, 0.6) is 0 Å². The van der Waals surface area contributed by atoms with E-state index in [0.29, 0.717) is 37.0 Å². The highest BCUT2D eigenvalue weighted by Crippen LogP contribution is 2.23. The zero-order valence-corrected chi connectivity index (χ0v) is 14.9. The van der Waals surface area contributed by atoms with Crippen molar-refractivity contribution < 1.29 is 14.3 Å². The van der Waals surface area contributed by atoms with Gasteiger partial charge in [-0.3, -0.25) is 4.79 Å². The van der Waals surface area contributed by atoms with Gasteiger partial charge in [0, 0.05) is 44.2 Å². The van der Waals surface area contributed by atoms with Gasteiger partial charge in [-0.25, -0.2) is 0 Å². The fraction of sp³-hybridized carbons (Fsp3) is 0.412. The first-order valence-electron chi connectivity index (χ1n) is 7.43. The summed E-state index contributed by atoms with van der Waals surface area (Å²) in [6.45, 7) is 3.86. The standard InChI is InChI=1S/C17H22ClN3O3/c1-13-15(18)5-4-6-16(13)20-17(22)14(11-19)12-21(7-9-23-2)8-10-24-3/h4-6,12H,7-10H2,1-3H3,(H,20,22)/b14-12-. The Morgan fingerprint density at radius 2 is 1.96 bits per heavy atom. The molecule has 0 bridgehead atoms. The Labute approximate surface area is 147 Å². The molecule has 6 nitrogen and oxygen atoms in total. The highest BCUT2D eigenvalue weighted by molar-refractivity contribution is 6.31. The number of halogens is 1. The van der Waals surface area contributed by atoms with Gasteiger partial charge in [0.05, 0.1) is 13.2 Å². The van der Waals surface area contributed by atoms with Gasteiger partial charge >= 0.3 is 0 Å². The lowest BCUT2D eigenvalue weighted by Crippen LogP contribution is -2.27. The lowest BCUT2D eigenvalue weighted by molar-refractivity contribution is -0.112. The monoisotopic (exact) mass is 351 g/mol. The van der Waals surface area contributed by atoms with Crippen molar-refractivity contribution in [2.24, 2.45) is 0 Å². The summed E-state index contributed by atoms with van der Waals surface area (Å²) in [4.78, 5) is 14.2. The smallest absolute Gasteiger partial charge is 0.267 e. The van der Waals surface area contributed by atoms with Gasteiger partial charge in [-0.15, -0.1) is 0 Å². The van der Waals surface area contributed by atoms with Crippen molar-refractivity contribution in [1.29, 1.82) is 5.26 Å². The third-order valence-corrected chi connectivity index (χ3v) is 3.77. The van der Waals surface area contributed by atoms with Crippen molar-refractivity contribution >= 4 is 23.2 Å². The highest BCUT2D eigenvalue weighted by Gasteiger charge is 2.13. The Hall–Kier alpha value is -2.07. The number of amides is 1. The summed E-state index contributed by atoms with van der Waals surface area (Å²) in [6.07, 6.45) is 1.52. The minimum Gasteiger partial charge on any atom is -0.383 e. The zero-order valence-electron chi connectivity index (χ0n) is 14.1. The van der Waals surface area contributed by atoms with E-state index in [4.69, 9.17) is 21.1 Å². The van der Waals surface area contributed by atoms with Gasteiger partial charge in [0.15, 0.2) is 0 Å². The summed E-state index contributed by atoms with van der Waals surface area (Å²) in [5, 5.41) is 12.6. The number of nitrogens with one attached hydrogen (secondary N) is 1. The second kappa shape index (κ2) is 10.7. The van der Waals surface area contributed by atoms with Crippen molar-refractivity contribution in [2.45, 2.75) is 6.92 Å². The first kappa shape index (κ1) is 20.0. The molecule has 1 rings (SSSR count). The molecule has 1 aromatic carbocycles. The van der Waals surface area contributed by atoms with Crippen LogP contribution >= 0.6 is 11.6 Å². The molecule has 24 heavy (non-hydrogen) atoms. The van der Waals surface area contributed by atoms with Crippen LogP contribution in [-0.2, 0) is 14.3 Å². The number of rotatable bonds is 9. The number of nitriles is 1. The third kappa shape index (κ3) is 6.20. The van der Waals surface area contributed by atoms with Crippen LogP contribution < -0.4 is 5.32 Å². The Bertz CT molecular complexity index is 618. The van der Waals surface area contributed by atoms with Crippen LogP contribution in [0.1, 0.15) is 5.56 Å². The predicted molar refractivity (Wildman–Crippen MR) is 93.8 cm³/mol. The number of methoxy groups -OCH3 is 2. The van der Waals surface area contributed by atoms with E-state index < -0.39 is 5.91 Å². The van der Waals surface area contributed by atoms with E-state index in [-0.39, 0.29) is 5.57 Å². The zero-order chi connectivity index (χ0) is 17.9. The predicted octanol–water partition coefficient (Wildman–Crippen LogP) is 2.59. The average Bonchev–Trinajstić information content (AvgIpc) is 2.58. The van der Waals surface area contributed by atoms with Crippen molar-refractivity contribution in [3.63, 3.8) is 0 Å². The lowest BCUT2D eigenvalue weighted by atomic mass is 10.2. The van der Waals surface area contributed by atoms with E-state index in [1.807, 2.05) is 11.0 Å². The molecule has 1 amide bonds. The summed E-state index contributed by atoms with van der Waals surface area (Å²) >= 11 is 6.04. The SMILES string of the molecule is COCCN(/C=C(/C#N)C(=O)Nc1cccc(Cl)c1C)CCOC. The van der Waals surface area contributed by atoms with Gasteiger partial charge in [0.1, 0.15) is 11.6 Å². The molecule has 1 aromatic rings. The van der Waals surface area contributed by atoms with Crippen LogP contribution in [0.15, 0.2) is 30.0 Å². The molecule has 0 atom stereocenters. The molecule has 0 saturated carbocycles. The van der Waals surface area contributed by atoms with E-state index in [1.54, 1.807) is 39.3 Å². The summed E-state index contributed by atoms with van der Waals surface area (Å²) in [5.41, 5.74) is 1.33. The molecule has 0 aliphatic heterocycles. The van der Waals surface area contributed by atoms with Crippen LogP contribution in [-0.4, -0.2) is 51.3 Å². The van der Waals surface area contributed by atoms with E-state index in [9.17, 15) is 10.1 Å². The van der Waals surface area contributed by atoms with Crippen LogP contribution in [0.3, 0.4) is 0 Å². The van der Waals surface area contributed by atoms with Gasteiger partial charge in [-0.1, -0.05) is 17.7 Å². The Kier molecular flexibility index (Phi) is 8.87. The van der Waals surface area contributed by atoms with Gasteiger partial charge in [-0.05, 0) is 24.6 Å². The largest absolute Gasteiger partial charge is 0.383 e. The number of benzene rings is 1. The first-order chi connectivity index (χ1) is 11.5. The van der Waals surface area contributed by atoms with Crippen molar-refractivity contribution in [2.75, 3.05) is 45.8 Å². The molecule has 1 N–H and O–H groups in total. The van der Waals surface area contributed by atoms with Crippen molar-refractivity contribution in [1.82, 2.24) is 4.90 Å². The van der Waals surface area contributed by atoms with Gasteiger partial charge in [0.2, 0.25) is 0 Å². The molecule has 0 unspecified atom stereocenters. The average molecular weight is 352 g/mol. The molecule has 0 radical (unpaired) electrons. The summed E-state index contributed by atoms with van der Waals surface area (Å²) in [7, 11) is 3.19. The van der Waals surface area contributed by atoms with Crippen LogP contribution in [0.2, 0.25) is 5.02 Å². The molecule has 0 saturated heterocycles.